The zero-order valence-corrected chi connectivity index (χ0v) is 14.2. The van der Waals surface area contributed by atoms with E-state index in [1.54, 1.807) is 13.0 Å². The fourth-order valence-electron chi connectivity index (χ4n) is 3.05. The summed E-state index contributed by atoms with van der Waals surface area (Å²) in [4.78, 5) is 17.5. The van der Waals surface area contributed by atoms with E-state index >= 15 is 0 Å². The van der Waals surface area contributed by atoms with Gasteiger partial charge in [-0.15, -0.1) is 11.3 Å². The van der Waals surface area contributed by atoms with Crippen molar-refractivity contribution in [3.63, 3.8) is 0 Å². The van der Waals surface area contributed by atoms with E-state index in [4.69, 9.17) is 0 Å². The molecule has 2 aromatic rings. The molecular formula is C17H21FN2O2S. The van der Waals surface area contributed by atoms with Gasteiger partial charge in [-0.05, 0) is 43.0 Å². The molecule has 1 atom stereocenters. The summed E-state index contributed by atoms with van der Waals surface area (Å²) in [6, 6.07) is 4.67. The van der Waals surface area contributed by atoms with Crippen molar-refractivity contribution in [2.45, 2.75) is 20.0 Å². The van der Waals surface area contributed by atoms with E-state index in [0.29, 0.717) is 24.5 Å². The molecule has 0 spiro atoms. The number of carbonyl (C=O) groups excluding carboxylic acids is 1. The maximum Gasteiger partial charge on any atom is 0.264 e. The molecule has 1 fully saturated rings. The van der Waals surface area contributed by atoms with Crippen LogP contribution in [0.25, 0.3) is 10.1 Å². The van der Waals surface area contributed by atoms with Crippen molar-refractivity contribution in [3.05, 3.63) is 34.5 Å². The number of nitrogens with zero attached hydrogens (tertiary/aromatic N) is 2. The Kier molecular flexibility index (Phi) is 4.66. The van der Waals surface area contributed by atoms with Crippen molar-refractivity contribution < 1.29 is 14.3 Å². The van der Waals surface area contributed by atoms with Crippen LogP contribution in [0.3, 0.4) is 0 Å². The average molecular weight is 336 g/mol. The van der Waals surface area contributed by atoms with E-state index in [1.165, 1.54) is 23.5 Å². The summed E-state index contributed by atoms with van der Waals surface area (Å²) >= 11 is 1.43. The van der Waals surface area contributed by atoms with E-state index < -0.39 is 0 Å². The van der Waals surface area contributed by atoms with E-state index in [-0.39, 0.29) is 17.8 Å². The predicted molar refractivity (Wildman–Crippen MR) is 90.5 cm³/mol. The van der Waals surface area contributed by atoms with Crippen LogP contribution in [0.4, 0.5) is 4.39 Å². The third-order valence-corrected chi connectivity index (χ3v) is 5.54. The van der Waals surface area contributed by atoms with Crippen LogP contribution >= 0.6 is 11.3 Å². The number of fused-ring (bicyclic) bond motifs is 1. The minimum Gasteiger partial charge on any atom is -0.392 e. The molecule has 1 amide bonds. The van der Waals surface area contributed by atoms with Gasteiger partial charge in [0.2, 0.25) is 0 Å². The smallest absolute Gasteiger partial charge is 0.264 e. The van der Waals surface area contributed by atoms with Gasteiger partial charge in [0.25, 0.3) is 5.91 Å². The van der Waals surface area contributed by atoms with Gasteiger partial charge in [0.1, 0.15) is 5.82 Å². The highest BCUT2D eigenvalue weighted by Crippen LogP contribution is 2.32. The number of hydrogen-bond donors (Lipinski definition) is 1. The van der Waals surface area contributed by atoms with E-state index in [9.17, 15) is 14.3 Å². The van der Waals surface area contributed by atoms with Crippen LogP contribution in [0.5, 0.6) is 0 Å². The number of amides is 1. The molecule has 1 N–H and O–H groups in total. The Bertz CT molecular complexity index is 721. The van der Waals surface area contributed by atoms with Crippen LogP contribution in [0.2, 0.25) is 0 Å². The van der Waals surface area contributed by atoms with Crippen LogP contribution in [-0.4, -0.2) is 59.6 Å². The Balaban J connectivity index is 1.75. The van der Waals surface area contributed by atoms with Crippen molar-refractivity contribution in [1.82, 2.24) is 9.80 Å². The predicted octanol–water partition coefficient (Wildman–Crippen LogP) is 2.49. The molecule has 1 aliphatic heterocycles. The van der Waals surface area contributed by atoms with Gasteiger partial charge in [0.05, 0.1) is 11.0 Å². The molecule has 0 radical (unpaired) electrons. The highest BCUT2D eigenvalue weighted by Gasteiger charge is 2.25. The fourth-order valence-corrected chi connectivity index (χ4v) is 4.21. The van der Waals surface area contributed by atoms with Gasteiger partial charge in [-0.25, -0.2) is 4.39 Å². The summed E-state index contributed by atoms with van der Waals surface area (Å²) in [5.41, 5.74) is 0.862. The second-order valence-corrected chi connectivity index (χ2v) is 7.19. The molecule has 0 bridgehead atoms. The lowest BCUT2D eigenvalue weighted by atomic mass is 10.1. The van der Waals surface area contributed by atoms with Crippen LogP contribution in [0, 0.1) is 12.7 Å². The molecule has 1 aromatic heterocycles. The molecule has 4 nitrogen and oxygen atoms in total. The number of halogens is 1. The van der Waals surface area contributed by atoms with Crippen molar-refractivity contribution in [1.29, 1.82) is 0 Å². The molecular weight excluding hydrogens is 315 g/mol. The lowest BCUT2D eigenvalue weighted by Crippen LogP contribution is -2.50. The number of piperazine rings is 1. The SMILES string of the molecule is Cc1c(C(=O)N2CCN(C[C@@H](C)O)CC2)sc2ccc(F)cc12. The second-order valence-electron chi connectivity index (χ2n) is 6.14. The van der Waals surface area contributed by atoms with Crippen molar-refractivity contribution >= 4 is 27.3 Å². The van der Waals surface area contributed by atoms with Crippen LogP contribution in [0.1, 0.15) is 22.2 Å². The van der Waals surface area contributed by atoms with Crippen molar-refractivity contribution in [2.24, 2.45) is 0 Å². The number of β-amino-alcohol motifs (C(OH)–C–C–N with tert-alkyl or cyclic N) is 1. The Labute approximate surface area is 139 Å². The number of rotatable bonds is 3. The number of aryl methyl sites for hydroxylation is 1. The van der Waals surface area contributed by atoms with Gasteiger partial charge in [0, 0.05) is 37.4 Å². The van der Waals surface area contributed by atoms with Gasteiger partial charge < -0.3 is 10.0 Å². The lowest BCUT2D eigenvalue weighted by molar-refractivity contribution is 0.0557. The molecule has 23 heavy (non-hydrogen) atoms. The van der Waals surface area contributed by atoms with Gasteiger partial charge in [0.15, 0.2) is 0 Å². The summed E-state index contributed by atoms with van der Waals surface area (Å²) < 4.78 is 14.4. The van der Waals surface area contributed by atoms with Gasteiger partial charge in [-0.3, -0.25) is 9.69 Å². The molecule has 0 saturated carbocycles. The highest BCUT2D eigenvalue weighted by molar-refractivity contribution is 7.21. The number of carbonyl (C=O) groups is 1. The number of aliphatic hydroxyl groups excluding tert-OH is 1. The largest absolute Gasteiger partial charge is 0.392 e. The van der Waals surface area contributed by atoms with Gasteiger partial charge >= 0.3 is 0 Å². The Hall–Kier alpha value is -1.50. The third-order valence-electron chi connectivity index (χ3n) is 4.27. The minimum atomic E-state index is -0.350. The Morgan fingerprint density at radius 2 is 2.04 bits per heavy atom. The number of hydrogen-bond acceptors (Lipinski definition) is 4. The van der Waals surface area contributed by atoms with Crippen LogP contribution < -0.4 is 0 Å². The number of benzene rings is 1. The molecule has 1 aliphatic rings. The molecule has 0 unspecified atom stereocenters. The Morgan fingerprint density at radius 1 is 1.35 bits per heavy atom. The number of thiophene rings is 1. The summed E-state index contributed by atoms with van der Waals surface area (Å²) in [6.07, 6.45) is -0.350. The van der Waals surface area contributed by atoms with Crippen LogP contribution in [0.15, 0.2) is 18.2 Å². The minimum absolute atomic E-state index is 0.0285. The zero-order chi connectivity index (χ0) is 16.6. The van der Waals surface area contributed by atoms with Crippen LogP contribution in [-0.2, 0) is 0 Å². The van der Waals surface area contributed by atoms with Gasteiger partial charge in [-0.2, -0.15) is 0 Å². The molecule has 1 saturated heterocycles. The summed E-state index contributed by atoms with van der Waals surface area (Å²) in [5.74, 6) is -0.245. The number of aliphatic hydroxyl groups is 1. The van der Waals surface area contributed by atoms with Crippen molar-refractivity contribution in [2.75, 3.05) is 32.7 Å². The third kappa shape index (κ3) is 3.39. The maximum absolute atomic E-state index is 13.4. The standard InChI is InChI=1S/C17H21FN2O2S/c1-11(21)10-19-5-7-20(8-6-19)17(22)16-12(2)14-9-13(18)3-4-15(14)23-16/h3-4,9,11,21H,5-8,10H2,1-2H3/t11-/m1/s1. The fraction of sp³-hybridized carbons (Fsp3) is 0.471. The topological polar surface area (TPSA) is 43.8 Å². The first-order valence-electron chi connectivity index (χ1n) is 7.84. The monoisotopic (exact) mass is 336 g/mol. The summed E-state index contributed by atoms with van der Waals surface area (Å²) in [6.45, 7) is 7.17. The maximum atomic E-state index is 13.4. The quantitative estimate of drug-likeness (QED) is 0.936. The average Bonchev–Trinajstić information content (AvgIpc) is 2.84. The van der Waals surface area contributed by atoms with E-state index in [2.05, 4.69) is 4.90 Å². The first kappa shape index (κ1) is 16.4. The van der Waals surface area contributed by atoms with Crippen molar-refractivity contribution in [3.8, 4) is 0 Å². The highest BCUT2D eigenvalue weighted by atomic mass is 32.1. The lowest BCUT2D eigenvalue weighted by Gasteiger charge is -2.35. The molecule has 124 valence electrons. The first-order valence-corrected chi connectivity index (χ1v) is 8.65. The summed E-state index contributed by atoms with van der Waals surface area (Å²) in [5, 5.41) is 10.3. The zero-order valence-electron chi connectivity index (χ0n) is 13.4. The molecule has 6 heteroatoms. The summed E-state index contributed by atoms with van der Waals surface area (Å²) in [7, 11) is 0. The van der Waals surface area contributed by atoms with E-state index in [0.717, 1.165) is 28.7 Å². The molecule has 1 aromatic carbocycles. The second kappa shape index (κ2) is 6.55. The normalized spacial score (nSPS) is 17.7. The van der Waals surface area contributed by atoms with E-state index in [1.807, 2.05) is 11.8 Å². The molecule has 3 rings (SSSR count). The molecule has 2 heterocycles. The Morgan fingerprint density at radius 3 is 2.70 bits per heavy atom. The first-order chi connectivity index (χ1) is 11.0. The van der Waals surface area contributed by atoms with Gasteiger partial charge in [-0.1, -0.05) is 0 Å². The molecule has 0 aliphatic carbocycles.